The van der Waals surface area contributed by atoms with E-state index in [2.05, 4.69) is 33.2 Å². The molecule has 22 heavy (non-hydrogen) atoms. The monoisotopic (exact) mass is 419 g/mol. The molecule has 0 spiro atoms. The Labute approximate surface area is 144 Å². The molecule has 0 radical (unpaired) electrons. The maximum absolute atomic E-state index is 11.9. The largest absolute Gasteiger partial charge is 0.385 e. The molecular formula is C15H22IN3O3. The lowest BCUT2D eigenvalue weighted by Crippen LogP contribution is -2.39. The molecule has 7 heteroatoms. The fourth-order valence-electron chi connectivity index (χ4n) is 1.81. The van der Waals surface area contributed by atoms with Gasteiger partial charge in [0.2, 0.25) is 11.8 Å². The number of amides is 2. The summed E-state index contributed by atoms with van der Waals surface area (Å²) in [6, 6.07) is 7.56. The molecule has 0 fully saturated rings. The molecule has 1 rings (SSSR count). The second-order valence-corrected chi connectivity index (χ2v) is 6.17. The third-order valence-electron chi connectivity index (χ3n) is 2.78. The van der Waals surface area contributed by atoms with E-state index in [0.29, 0.717) is 13.2 Å². The maximum atomic E-state index is 11.9. The van der Waals surface area contributed by atoms with Crippen LogP contribution in [-0.2, 0) is 14.3 Å². The van der Waals surface area contributed by atoms with Crippen molar-refractivity contribution < 1.29 is 14.3 Å². The van der Waals surface area contributed by atoms with Gasteiger partial charge in [0, 0.05) is 29.5 Å². The molecule has 0 saturated heterocycles. The van der Waals surface area contributed by atoms with Crippen LogP contribution in [0.15, 0.2) is 24.3 Å². The number of ether oxygens (including phenoxy) is 1. The van der Waals surface area contributed by atoms with E-state index in [1.165, 1.54) is 0 Å². The normalized spacial score (nSPS) is 10.5. The molecule has 1 aromatic carbocycles. The molecule has 2 N–H and O–H groups in total. The lowest BCUT2D eigenvalue weighted by atomic mass is 10.3. The molecule has 0 bridgehead atoms. The molecule has 0 aliphatic heterocycles. The molecule has 0 saturated carbocycles. The topological polar surface area (TPSA) is 70.7 Å². The molecule has 0 aromatic heterocycles. The molecule has 2 amide bonds. The summed E-state index contributed by atoms with van der Waals surface area (Å²) in [5.41, 5.74) is 0.759. The van der Waals surface area contributed by atoms with Crippen LogP contribution in [0.2, 0.25) is 0 Å². The van der Waals surface area contributed by atoms with Gasteiger partial charge in [-0.05, 0) is 54.3 Å². The lowest BCUT2D eigenvalue weighted by molar-refractivity contribution is -0.123. The van der Waals surface area contributed by atoms with Crippen LogP contribution in [0.1, 0.15) is 6.42 Å². The molecule has 1 aromatic rings. The number of hydrogen-bond acceptors (Lipinski definition) is 4. The average molecular weight is 419 g/mol. The number of benzene rings is 1. The number of likely N-dealkylation sites (N-methyl/N-ethyl adjacent to an activating group) is 1. The number of carbonyl (C=O) groups is 2. The molecule has 0 unspecified atom stereocenters. The third kappa shape index (κ3) is 8.30. The summed E-state index contributed by atoms with van der Waals surface area (Å²) in [5, 5.41) is 5.60. The van der Waals surface area contributed by atoms with Gasteiger partial charge in [0.05, 0.1) is 13.1 Å². The molecule has 0 heterocycles. The van der Waals surface area contributed by atoms with Crippen LogP contribution in [-0.4, -0.2) is 57.1 Å². The summed E-state index contributed by atoms with van der Waals surface area (Å²) < 4.78 is 5.96. The summed E-state index contributed by atoms with van der Waals surface area (Å²) >= 11 is 2.19. The van der Waals surface area contributed by atoms with Gasteiger partial charge in [-0.25, -0.2) is 0 Å². The summed E-state index contributed by atoms with van der Waals surface area (Å²) in [4.78, 5) is 25.3. The zero-order valence-corrected chi connectivity index (χ0v) is 15.1. The molecule has 122 valence electrons. The van der Waals surface area contributed by atoms with Crippen LogP contribution < -0.4 is 10.6 Å². The zero-order valence-electron chi connectivity index (χ0n) is 12.9. The lowest BCUT2D eigenvalue weighted by Gasteiger charge is -2.16. The van der Waals surface area contributed by atoms with Gasteiger partial charge >= 0.3 is 0 Å². The van der Waals surface area contributed by atoms with Crippen LogP contribution in [0, 0.1) is 3.57 Å². The third-order valence-corrected chi connectivity index (χ3v) is 3.45. The number of anilines is 1. The van der Waals surface area contributed by atoms with E-state index in [4.69, 9.17) is 4.74 Å². The van der Waals surface area contributed by atoms with E-state index in [9.17, 15) is 9.59 Å². The Balaban J connectivity index is 2.27. The van der Waals surface area contributed by atoms with Crippen molar-refractivity contribution in [2.24, 2.45) is 0 Å². The summed E-state index contributed by atoms with van der Waals surface area (Å²) in [7, 11) is 3.37. The van der Waals surface area contributed by atoms with Gasteiger partial charge in [0.15, 0.2) is 0 Å². The quantitative estimate of drug-likeness (QED) is 0.468. The average Bonchev–Trinajstić information content (AvgIpc) is 2.43. The first-order chi connectivity index (χ1) is 10.5. The smallest absolute Gasteiger partial charge is 0.238 e. The van der Waals surface area contributed by atoms with Crippen molar-refractivity contribution in [1.29, 1.82) is 0 Å². The Morgan fingerprint density at radius 1 is 1.27 bits per heavy atom. The van der Waals surface area contributed by atoms with Crippen LogP contribution in [0.5, 0.6) is 0 Å². The maximum Gasteiger partial charge on any atom is 0.238 e. The van der Waals surface area contributed by atoms with E-state index in [1.807, 2.05) is 24.3 Å². The van der Waals surface area contributed by atoms with Crippen LogP contribution >= 0.6 is 22.6 Å². The molecule has 0 atom stereocenters. The second-order valence-electron chi connectivity index (χ2n) is 4.93. The molecule has 0 aliphatic rings. The second kappa shape index (κ2) is 10.5. The fourth-order valence-corrected chi connectivity index (χ4v) is 2.36. The molecular weight excluding hydrogens is 397 g/mol. The van der Waals surface area contributed by atoms with Crippen molar-refractivity contribution in [3.8, 4) is 0 Å². The summed E-state index contributed by atoms with van der Waals surface area (Å²) in [5.74, 6) is -0.239. The van der Waals surface area contributed by atoms with Crippen molar-refractivity contribution >= 4 is 40.1 Å². The Morgan fingerprint density at radius 2 is 2.00 bits per heavy atom. The van der Waals surface area contributed by atoms with Gasteiger partial charge in [-0.3, -0.25) is 14.5 Å². The van der Waals surface area contributed by atoms with Gasteiger partial charge < -0.3 is 15.4 Å². The summed E-state index contributed by atoms with van der Waals surface area (Å²) in [6.45, 7) is 1.55. The van der Waals surface area contributed by atoms with Crippen LogP contribution in [0.4, 0.5) is 5.69 Å². The van der Waals surface area contributed by atoms with E-state index in [0.717, 1.165) is 15.7 Å². The van der Waals surface area contributed by atoms with E-state index in [1.54, 1.807) is 19.1 Å². The highest BCUT2D eigenvalue weighted by atomic mass is 127. The number of nitrogens with one attached hydrogen (secondary N) is 2. The van der Waals surface area contributed by atoms with Crippen molar-refractivity contribution in [1.82, 2.24) is 10.2 Å². The molecule has 6 nitrogen and oxygen atoms in total. The Hall–Kier alpha value is -1.19. The van der Waals surface area contributed by atoms with E-state index in [-0.39, 0.29) is 24.9 Å². The number of halogens is 1. The van der Waals surface area contributed by atoms with Crippen molar-refractivity contribution in [3.05, 3.63) is 27.8 Å². The van der Waals surface area contributed by atoms with Crippen molar-refractivity contribution in [2.45, 2.75) is 6.42 Å². The minimum Gasteiger partial charge on any atom is -0.385 e. The van der Waals surface area contributed by atoms with Gasteiger partial charge in [0.25, 0.3) is 0 Å². The van der Waals surface area contributed by atoms with E-state index >= 15 is 0 Å². The Morgan fingerprint density at radius 3 is 2.68 bits per heavy atom. The predicted molar refractivity (Wildman–Crippen MR) is 94.8 cm³/mol. The Bertz CT molecular complexity index is 497. The number of methoxy groups -OCH3 is 1. The minimum atomic E-state index is -0.142. The zero-order chi connectivity index (χ0) is 16.4. The van der Waals surface area contributed by atoms with Crippen molar-refractivity contribution in [3.63, 3.8) is 0 Å². The summed E-state index contributed by atoms with van der Waals surface area (Å²) in [6.07, 6.45) is 0.777. The number of carbonyl (C=O) groups excluding carboxylic acids is 2. The fraction of sp³-hybridized carbons (Fsp3) is 0.467. The highest BCUT2D eigenvalue weighted by Crippen LogP contribution is 2.12. The van der Waals surface area contributed by atoms with Crippen LogP contribution in [0.3, 0.4) is 0 Å². The van der Waals surface area contributed by atoms with E-state index < -0.39 is 0 Å². The highest BCUT2D eigenvalue weighted by Gasteiger charge is 2.10. The van der Waals surface area contributed by atoms with Crippen LogP contribution in [0.25, 0.3) is 0 Å². The number of nitrogens with zero attached hydrogens (tertiary/aromatic N) is 1. The van der Waals surface area contributed by atoms with Gasteiger partial charge in [-0.15, -0.1) is 0 Å². The first-order valence-electron chi connectivity index (χ1n) is 7.01. The highest BCUT2D eigenvalue weighted by molar-refractivity contribution is 14.1. The first kappa shape index (κ1) is 18.9. The minimum absolute atomic E-state index is 0.0966. The van der Waals surface area contributed by atoms with Gasteiger partial charge in [-0.1, -0.05) is 6.07 Å². The van der Waals surface area contributed by atoms with Gasteiger partial charge in [-0.2, -0.15) is 0 Å². The Kier molecular flexibility index (Phi) is 9.02. The standard InChI is InChI=1S/C15H22IN3O3/c1-19(10-14(20)17-7-4-8-22-2)11-15(21)18-13-6-3-5-12(16)9-13/h3,5-6,9H,4,7-8,10-11H2,1-2H3,(H,17,20)(H,18,21). The number of rotatable bonds is 9. The predicted octanol–water partition coefficient (Wildman–Crippen LogP) is 1.31. The van der Waals surface area contributed by atoms with Crippen molar-refractivity contribution in [2.75, 3.05) is 45.7 Å². The SMILES string of the molecule is COCCCNC(=O)CN(C)CC(=O)Nc1cccc(I)c1. The number of hydrogen-bond donors (Lipinski definition) is 2. The van der Waals surface area contributed by atoms with Gasteiger partial charge in [0.1, 0.15) is 0 Å². The first-order valence-corrected chi connectivity index (χ1v) is 8.08. The molecule has 0 aliphatic carbocycles.